The summed E-state index contributed by atoms with van der Waals surface area (Å²) in [5, 5.41) is 13.7. The highest BCUT2D eigenvalue weighted by Crippen LogP contribution is 2.27. The fraction of sp³-hybridized carbons (Fsp3) is 0.200. The molecule has 1 atom stereocenters. The first-order valence-electron chi connectivity index (χ1n) is 6.75. The molecule has 24 heavy (non-hydrogen) atoms. The summed E-state index contributed by atoms with van der Waals surface area (Å²) < 4.78 is 5.14. The zero-order valence-electron chi connectivity index (χ0n) is 12.7. The highest BCUT2D eigenvalue weighted by molar-refractivity contribution is 7.16. The molecule has 0 saturated heterocycles. The number of esters is 1. The predicted molar refractivity (Wildman–Crippen MR) is 89.6 cm³/mol. The Morgan fingerprint density at radius 1 is 1.29 bits per heavy atom. The number of amides is 1. The number of methoxy groups -OCH3 is 1. The number of ether oxygens (including phenoxy) is 1. The Kier molecular flexibility index (Phi) is 5.53. The number of nitrogens with one attached hydrogen (secondary N) is 1. The lowest BCUT2D eigenvalue weighted by atomic mass is 10.1. The van der Waals surface area contributed by atoms with Gasteiger partial charge in [0.2, 0.25) is 0 Å². The van der Waals surface area contributed by atoms with Gasteiger partial charge in [0.25, 0.3) is 11.6 Å². The van der Waals surface area contributed by atoms with Crippen LogP contribution in [0.25, 0.3) is 0 Å². The lowest BCUT2D eigenvalue weighted by molar-refractivity contribution is -0.384. The van der Waals surface area contributed by atoms with E-state index < -0.39 is 16.8 Å². The van der Waals surface area contributed by atoms with E-state index in [9.17, 15) is 19.7 Å². The van der Waals surface area contributed by atoms with Crippen LogP contribution in [0.5, 0.6) is 0 Å². The number of nitrogens with zero attached hydrogens (tertiary/aromatic N) is 1. The minimum atomic E-state index is -0.758. The molecule has 0 radical (unpaired) electrons. The fourth-order valence-electron chi connectivity index (χ4n) is 2.00. The smallest absolute Gasteiger partial charge is 0.338 e. The van der Waals surface area contributed by atoms with Gasteiger partial charge in [-0.05, 0) is 25.1 Å². The third-order valence-corrected chi connectivity index (χ3v) is 4.59. The van der Waals surface area contributed by atoms with Crippen LogP contribution in [0.4, 0.5) is 5.69 Å². The molecule has 126 valence electrons. The second kappa shape index (κ2) is 7.41. The van der Waals surface area contributed by atoms with E-state index in [2.05, 4.69) is 10.1 Å². The molecule has 1 aromatic carbocycles. The molecular formula is C15H13ClN2O5S. The summed E-state index contributed by atoms with van der Waals surface area (Å²) in [5.41, 5.74) is -0.433. The van der Waals surface area contributed by atoms with Crippen molar-refractivity contribution in [2.75, 3.05) is 7.11 Å². The number of hydrogen-bond acceptors (Lipinski definition) is 6. The Hall–Kier alpha value is -2.45. The van der Waals surface area contributed by atoms with Gasteiger partial charge in [-0.1, -0.05) is 11.6 Å². The van der Waals surface area contributed by atoms with Gasteiger partial charge in [-0.2, -0.15) is 0 Å². The third kappa shape index (κ3) is 4.09. The Morgan fingerprint density at radius 3 is 2.50 bits per heavy atom. The highest BCUT2D eigenvalue weighted by Gasteiger charge is 2.20. The number of non-ortho nitro benzene ring substituents is 1. The van der Waals surface area contributed by atoms with Crippen molar-refractivity contribution in [3.8, 4) is 0 Å². The van der Waals surface area contributed by atoms with Gasteiger partial charge in [0, 0.05) is 22.6 Å². The number of nitro groups is 1. The highest BCUT2D eigenvalue weighted by atomic mass is 35.5. The molecule has 7 nitrogen and oxygen atoms in total. The molecule has 1 N–H and O–H groups in total. The molecule has 0 bridgehead atoms. The zero-order valence-corrected chi connectivity index (χ0v) is 14.3. The summed E-state index contributed by atoms with van der Waals surface area (Å²) in [6.07, 6.45) is 0. The van der Waals surface area contributed by atoms with Gasteiger partial charge in [-0.25, -0.2) is 4.79 Å². The maximum absolute atomic E-state index is 12.4. The lowest BCUT2D eigenvalue weighted by Gasteiger charge is -2.12. The third-order valence-electron chi connectivity index (χ3n) is 3.18. The SMILES string of the molecule is COC(=O)c1cc(C(=O)N[C@H](C)c2ccc(Cl)s2)cc([N+](=O)[O-])c1. The van der Waals surface area contributed by atoms with Gasteiger partial charge in [-0.15, -0.1) is 11.3 Å². The number of halogens is 1. The molecule has 1 aromatic heterocycles. The zero-order chi connectivity index (χ0) is 17.9. The summed E-state index contributed by atoms with van der Waals surface area (Å²) in [7, 11) is 1.16. The van der Waals surface area contributed by atoms with Crippen LogP contribution in [0.1, 0.15) is 38.6 Å². The number of nitro benzene ring substituents is 1. The van der Waals surface area contributed by atoms with Crippen molar-refractivity contribution in [1.29, 1.82) is 0 Å². The molecule has 0 aliphatic rings. The molecule has 2 aromatic rings. The van der Waals surface area contributed by atoms with Crippen LogP contribution < -0.4 is 5.32 Å². The van der Waals surface area contributed by atoms with Crippen LogP contribution in [0, 0.1) is 10.1 Å². The quantitative estimate of drug-likeness (QED) is 0.494. The molecule has 2 rings (SSSR count). The van der Waals surface area contributed by atoms with E-state index in [4.69, 9.17) is 11.6 Å². The number of benzene rings is 1. The molecule has 1 amide bonds. The van der Waals surface area contributed by atoms with Gasteiger partial charge in [-0.3, -0.25) is 14.9 Å². The maximum Gasteiger partial charge on any atom is 0.338 e. The van der Waals surface area contributed by atoms with Gasteiger partial charge in [0.15, 0.2) is 0 Å². The van der Waals surface area contributed by atoms with Crippen molar-refractivity contribution in [1.82, 2.24) is 5.32 Å². The summed E-state index contributed by atoms with van der Waals surface area (Å²) in [4.78, 5) is 35.1. The first kappa shape index (κ1) is 17.9. The van der Waals surface area contributed by atoms with E-state index in [1.54, 1.807) is 19.1 Å². The van der Waals surface area contributed by atoms with Crippen molar-refractivity contribution in [2.24, 2.45) is 0 Å². The van der Waals surface area contributed by atoms with E-state index in [0.29, 0.717) is 4.34 Å². The van der Waals surface area contributed by atoms with E-state index in [1.807, 2.05) is 0 Å². The van der Waals surface area contributed by atoms with Crippen LogP contribution in [-0.4, -0.2) is 23.9 Å². The summed E-state index contributed by atoms with van der Waals surface area (Å²) in [5.74, 6) is -1.30. The maximum atomic E-state index is 12.4. The second-order valence-corrected chi connectivity index (χ2v) is 6.60. The van der Waals surface area contributed by atoms with E-state index in [1.165, 1.54) is 17.4 Å². The van der Waals surface area contributed by atoms with Crippen LogP contribution in [-0.2, 0) is 4.74 Å². The minimum absolute atomic E-state index is 0.000830. The van der Waals surface area contributed by atoms with Crippen LogP contribution >= 0.6 is 22.9 Å². The minimum Gasteiger partial charge on any atom is -0.465 e. The Balaban J connectivity index is 2.29. The molecule has 0 aliphatic heterocycles. The molecule has 0 aliphatic carbocycles. The Morgan fingerprint density at radius 2 is 1.96 bits per heavy atom. The van der Waals surface area contributed by atoms with Gasteiger partial charge < -0.3 is 10.1 Å². The Labute approximate surface area is 146 Å². The molecule has 1 heterocycles. The molecule has 0 saturated carbocycles. The van der Waals surface area contributed by atoms with Gasteiger partial charge in [0.05, 0.1) is 28.0 Å². The number of thiophene rings is 1. The largest absolute Gasteiger partial charge is 0.465 e. The van der Waals surface area contributed by atoms with Crippen LogP contribution in [0.2, 0.25) is 4.34 Å². The fourth-order valence-corrected chi connectivity index (χ4v) is 3.06. The van der Waals surface area contributed by atoms with Crippen molar-refractivity contribution < 1.29 is 19.2 Å². The molecule has 9 heteroatoms. The number of carbonyl (C=O) groups excluding carboxylic acids is 2. The van der Waals surface area contributed by atoms with Crippen molar-refractivity contribution >= 4 is 40.5 Å². The molecule has 0 fully saturated rings. The van der Waals surface area contributed by atoms with Crippen molar-refractivity contribution in [3.63, 3.8) is 0 Å². The first-order chi connectivity index (χ1) is 11.3. The van der Waals surface area contributed by atoms with Crippen LogP contribution in [0.3, 0.4) is 0 Å². The van der Waals surface area contributed by atoms with E-state index in [-0.39, 0.29) is 22.9 Å². The van der Waals surface area contributed by atoms with Gasteiger partial charge in [0.1, 0.15) is 0 Å². The second-order valence-electron chi connectivity index (χ2n) is 4.85. The standard InChI is InChI=1S/C15H13ClN2O5S/c1-8(12-3-4-13(16)24-12)17-14(19)9-5-10(15(20)23-2)7-11(6-9)18(21)22/h3-8H,1-2H3,(H,17,19)/t8-/m1/s1. The number of carbonyl (C=O) groups is 2. The summed E-state index contributed by atoms with van der Waals surface area (Å²) >= 11 is 7.19. The molecular weight excluding hydrogens is 356 g/mol. The van der Waals surface area contributed by atoms with E-state index in [0.717, 1.165) is 24.1 Å². The summed E-state index contributed by atoms with van der Waals surface area (Å²) in [6, 6.07) is 6.58. The predicted octanol–water partition coefficient (Wildman–Crippen LogP) is 3.59. The van der Waals surface area contributed by atoms with Gasteiger partial charge >= 0.3 is 5.97 Å². The van der Waals surface area contributed by atoms with Crippen LogP contribution in [0.15, 0.2) is 30.3 Å². The monoisotopic (exact) mass is 368 g/mol. The average molecular weight is 369 g/mol. The normalized spacial score (nSPS) is 11.6. The topological polar surface area (TPSA) is 98.5 Å². The summed E-state index contributed by atoms with van der Waals surface area (Å²) in [6.45, 7) is 1.76. The average Bonchev–Trinajstić information content (AvgIpc) is 3.00. The first-order valence-corrected chi connectivity index (χ1v) is 7.95. The number of rotatable bonds is 5. The molecule has 0 spiro atoms. The Bertz CT molecular complexity index is 805. The van der Waals surface area contributed by atoms with Crippen molar-refractivity contribution in [2.45, 2.75) is 13.0 Å². The van der Waals surface area contributed by atoms with E-state index >= 15 is 0 Å². The van der Waals surface area contributed by atoms with Crippen molar-refractivity contribution in [3.05, 3.63) is 60.8 Å². The molecule has 0 unspecified atom stereocenters. The lowest BCUT2D eigenvalue weighted by Crippen LogP contribution is -2.26. The number of hydrogen-bond donors (Lipinski definition) is 1.